The van der Waals surface area contributed by atoms with Gasteiger partial charge in [0.1, 0.15) is 11.4 Å². The predicted octanol–water partition coefficient (Wildman–Crippen LogP) is 4.97. The Morgan fingerprint density at radius 1 is 1.13 bits per heavy atom. The van der Waals surface area contributed by atoms with Crippen LogP contribution in [0, 0.1) is 0 Å². The average molecular weight is 531 g/mol. The number of hydrogen-bond donors (Lipinski definition) is 1. The zero-order chi connectivity index (χ0) is 27.6. The fourth-order valence-corrected chi connectivity index (χ4v) is 6.08. The molecule has 0 radical (unpaired) electrons. The molecule has 0 spiro atoms. The quantitative estimate of drug-likeness (QED) is 0.422. The van der Waals surface area contributed by atoms with Crippen molar-refractivity contribution in [3.8, 4) is 5.75 Å². The van der Waals surface area contributed by atoms with Gasteiger partial charge in [0.25, 0.3) is 0 Å². The van der Waals surface area contributed by atoms with E-state index in [0.717, 1.165) is 30.7 Å². The van der Waals surface area contributed by atoms with Crippen LogP contribution in [0.2, 0.25) is 0 Å². The summed E-state index contributed by atoms with van der Waals surface area (Å²) < 4.78 is 50.7. The van der Waals surface area contributed by atoms with Gasteiger partial charge in [-0.3, -0.25) is 9.59 Å². The van der Waals surface area contributed by atoms with Gasteiger partial charge in [0.15, 0.2) is 0 Å². The Kier molecular flexibility index (Phi) is 7.88. The summed E-state index contributed by atoms with van der Waals surface area (Å²) in [5, 5.41) is 3.04. The number of likely N-dealkylation sites (tertiary alicyclic amines) is 1. The maximum absolute atomic E-state index is 13.0. The first-order valence-electron chi connectivity index (χ1n) is 12.6. The largest absolute Gasteiger partial charge is 0.497 e. The van der Waals surface area contributed by atoms with Crippen LogP contribution < -0.4 is 10.1 Å². The number of benzene rings is 2. The molecule has 204 valence electrons. The van der Waals surface area contributed by atoms with Gasteiger partial charge in [0.2, 0.25) is 5.91 Å². The molecule has 3 unspecified atom stereocenters. The van der Waals surface area contributed by atoms with Crippen molar-refractivity contribution in [1.82, 2.24) is 10.2 Å². The summed E-state index contributed by atoms with van der Waals surface area (Å²) in [6, 6.07) is 12.4. The van der Waals surface area contributed by atoms with Crippen LogP contribution in [-0.2, 0) is 25.9 Å². The fraction of sp³-hybridized carbons (Fsp3) is 0.448. The van der Waals surface area contributed by atoms with Crippen LogP contribution in [0.4, 0.5) is 13.2 Å². The lowest BCUT2D eigenvalue weighted by Crippen LogP contribution is -2.68. The molecule has 2 fully saturated rings. The molecule has 2 aliphatic rings. The Bertz CT molecular complexity index is 1210. The summed E-state index contributed by atoms with van der Waals surface area (Å²) in [7, 11) is 3.61. The topological polar surface area (TPSA) is 67.9 Å². The van der Waals surface area contributed by atoms with E-state index in [1.807, 2.05) is 31.3 Å². The van der Waals surface area contributed by atoms with Crippen molar-refractivity contribution in [2.75, 3.05) is 27.2 Å². The number of likely N-dealkylation sites (N-methyl/N-ethyl adjacent to an activating group) is 1. The van der Waals surface area contributed by atoms with Crippen molar-refractivity contribution < 1.29 is 32.2 Å². The Balaban J connectivity index is 1.60. The molecule has 6 nitrogen and oxygen atoms in total. The molecular weight excluding hydrogens is 497 g/mol. The lowest BCUT2D eigenvalue weighted by Gasteiger charge is -2.59. The van der Waals surface area contributed by atoms with Gasteiger partial charge in [0.05, 0.1) is 12.7 Å². The summed E-state index contributed by atoms with van der Waals surface area (Å²) in [6.45, 7) is 2.78. The number of methoxy groups -OCH3 is 1. The van der Waals surface area contributed by atoms with Crippen LogP contribution in [0.25, 0.3) is 6.08 Å². The van der Waals surface area contributed by atoms with Crippen LogP contribution in [0.1, 0.15) is 49.3 Å². The lowest BCUT2D eigenvalue weighted by atomic mass is 9.55. The second kappa shape index (κ2) is 10.8. The van der Waals surface area contributed by atoms with Gasteiger partial charge in [-0.2, -0.15) is 13.2 Å². The van der Waals surface area contributed by atoms with Crippen LogP contribution in [0.3, 0.4) is 0 Å². The van der Waals surface area contributed by atoms with Gasteiger partial charge in [0, 0.05) is 31.0 Å². The third-order valence-corrected chi connectivity index (χ3v) is 7.76. The maximum atomic E-state index is 13.0. The highest BCUT2D eigenvalue weighted by molar-refractivity contribution is 5.92. The van der Waals surface area contributed by atoms with Crippen molar-refractivity contribution in [2.24, 2.45) is 0 Å². The first-order chi connectivity index (χ1) is 18.0. The van der Waals surface area contributed by atoms with E-state index in [9.17, 15) is 22.8 Å². The molecule has 1 aliphatic heterocycles. The van der Waals surface area contributed by atoms with Crippen molar-refractivity contribution in [2.45, 2.75) is 55.8 Å². The minimum absolute atomic E-state index is 0.216. The molecule has 1 aliphatic carbocycles. The number of rotatable bonds is 6. The number of fused-ring (bicyclic) bond motifs is 1. The standard InChI is InChI=1S/C29H33F3N2O4/c1-20(35)38-28-13-12-24(33-26(36)11-10-21-6-4-8-23(16-21)29(30,31)32)18-27(28,14-15-34(2)19-28)22-7-5-9-25(17-22)37-3/h4-11,16-17,24H,12-15,18-19H2,1-3H3,(H,33,36)/b11-10+. The number of piperidine rings is 1. The zero-order valence-corrected chi connectivity index (χ0v) is 21.8. The lowest BCUT2D eigenvalue weighted by molar-refractivity contribution is -0.185. The minimum atomic E-state index is -4.45. The molecule has 1 N–H and O–H groups in total. The van der Waals surface area contributed by atoms with Crippen molar-refractivity contribution in [3.63, 3.8) is 0 Å². The zero-order valence-electron chi connectivity index (χ0n) is 21.8. The number of esters is 1. The second-order valence-electron chi connectivity index (χ2n) is 10.3. The van der Waals surface area contributed by atoms with E-state index in [1.54, 1.807) is 7.11 Å². The van der Waals surface area contributed by atoms with E-state index in [2.05, 4.69) is 10.2 Å². The molecule has 1 heterocycles. The van der Waals surface area contributed by atoms with Gasteiger partial charge < -0.3 is 19.7 Å². The van der Waals surface area contributed by atoms with E-state index in [4.69, 9.17) is 9.47 Å². The second-order valence-corrected chi connectivity index (χ2v) is 10.3. The smallest absolute Gasteiger partial charge is 0.416 e. The molecule has 1 saturated heterocycles. The SMILES string of the molecule is COc1cccc(C23CCN(C)CC2(OC(C)=O)CCC(NC(=O)/C=C/c2cccc(C(F)(F)F)c2)C3)c1. The normalized spacial score (nSPS) is 26.0. The molecule has 38 heavy (non-hydrogen) atoms. The molecule has 0 aromatic heterocycles. The average Bonchev–Trinajstić information content (AvgIpc) is 2.87. The summed E-state index contributed by atoms with van der Waals surface area (Å²) >= 11 is 0. The molecule has 4 rings (SSSR count). The molecule has 2 aromatic rings. The number of hydrogen-bond acceptors (Lipinski definition) is 5. The number of ether oxygens (including phenoxy) is 2. The van der Waals surface area contributed by atoms with E-state index in [-0.39, 0.29) is 23.5 Å². The first kappa shape index (κ1) is 27.7. The molecule has 1 saturated carbocycles. The Morgan fingerprint density at radius 2 is 1.89 bits per heavy atom. The van der Waals surface area contributed by atoms with E-state index >= 15 is 0 Å². The van der Waals surface area contributed by atoms with Gasteiger partial charge in [-0.1, -0.05) is 24.3 Å². The number of nitrogens with zero attached hydrogens (tertiary/aromatic N) is 1. The molecule has 0 bridgehead atoms. The molecule has 2 aromatic carbocycles. The highest BCUT2D eigenvalue weighted by atomic mass is 19.4. The van der Waals surface area contributed by atoms with E-state index in [1.165, 1.54) is 31.2 Å². The predicted molar refractivity (Wildman–Crippen MR) is 138 cm³/mol. The molecule has 3 atom stereocenters. The Labute approximate surface area is 220 Å². The van der Waals surface area contributed by atoms with Gasteiger partial charge in [-0.25, -0.2) is 0 Å². The highest BCUT2D eigenvalue weighted by Gasteiger charge is 2.60. The summed E-state index contributed by atoms with van der Waals surface area (Å²) in [5.41, 5.74) is -0.814. The van der Waals surface area contributed by atoms with E-state index in [0.29, 0.717) is 31.6 Å². The third-order valence-electron chi connectivity index (χ3n) is 7.76. The maximum Gasteiger partial charge on any atom is 0.416 e. The number of amides is 1. The van der Waals surface area contributed by atoms with Crippen LogP contribution in [0.5, 0.6) is 5.75 Å². The molecular formula is C29H33F3N2O4. The minimum Gasteiger partial charge on any atom is -0.497 e. The number of nitrogens with one attached hydrogen (secondary N) is 1. The first-order valence-corrected chi connectivity index (χ1v) is 12.6. The van der Waals surface area contributed by atoms with Crippen molar-refractivity contribution in [1.29, 1.82) is 0 Å². The summed E-state index contributed by atoms with van der Waals surface area (Å²) in [6.07, 6.45) is 0.596. The van der Waals surface area contributed by atoms with Crippen LogP contribution >= 0.6 is 0 Å². The summed E-state index contributed by atoms with van der Waals surface area (Å²) in [4.78, 5) is 27.3. The number of halogens is 3. The third kappa shape index (κ3) is 5.72. The fourth-order valence-electron chi connectivity index (χ4n) is 6.08. The van der Waals surface area contributed by atoms with Crippen LogP contribution in [-0.4, -0.2) is 55.7 Å². The van der Waals surface area contributed by atoms with Crippen LogP contribution in [0.15, 0.2) is 54.6 Å². The van der Waals surface area contributed by atoms with Crippen molar-refractivity contribution >= 4 is 18.0 Å². The Hall–Kier alpha value is -3.33. The number of carbonyl (C=O) groups excluding carboxylic acids is 2. The number of alkyl halides is 3. The highest BCUT2D eigenvalue weighted by Crippen LogP contribution is 2.54. The van der Waals surface area contributed by atoms with Gasteiger partial charge in [-0.05, 0) is 80.7 Å². The molecule has 9 heteroatoms. The van der Waals surface area contributed by atoms with E-state index < -0.39 is 22.8 Å². The monoisotopic (exact) mass is 530 g/mol. The van der Waals surface area contributed by atoms with Crippen molar-refractivity contribution in [3.05, 3.63) is 71.3 Å². The van der Waals surface area contributed by atoms with Gasteiger partial charge >= 0.3 is 12.1 Å². The summed E-state index contributed by atoms with van der Waals surface area (Å²) in [5.74, 6) is -0.0390. The number of carbonyl (C=O) groups is 2. The molecule has 1 amide bonds. The van der Waals surface area contributed by atoms with Gasteiger partial charge in [-0.15, -0.1) is 0 Å². The Morgan fingerprint density at radius 3 is 2.61 bits per heavy atom.